The predicted molar refractivity (Wildman–Crippen MR) is 58.7 cm³/mol. The van der Waals surface area contributed by atoms with Crippen LogP contribution >= 0.6 is 0 Å². The Bertz CT molecular complexity index is 454. The highest BCUT2D eigenvalue weighted by Gasteiger charge is 2.16. The number of nitrogens with one attached hydrogen (secondary N) is 1. The Morgan fingerprint density at radius 3 is 3.12 bits per heavy atom. The summed E-state index contributed by atoms with van der Waals surface area (Å²) in [5.41, 5.74) is 1.73. The highest BCUT2D eigenvalue weighted by Crippen LogP contribution is 2.22. The molecule has 1 atom stereocenters. The first kappa shape index (κ1) is 10.7. The van der Waals surface area contributed by atoms with E-state index in [2.05, 4.69) is 22.1 Å². The van der Waals surface area contributed by atoms with Crippen molar-refractivity contribution in [2.75, 3.05) is 6.54 Å². The fourth-order valence-electron chi connectivity index (χ4n) is 1.81. The van der Waals surface area contributed by atoms with Crippen LogP contribution in [-0.4, -0.2) is 22.6 Å². The molecule has 1 aromatic heterocycles. The van der Waals surface area contributed by atoms with Gasteiger partial charge in [0.1, 0.15) is 0 Å². The molecule has 2 rings (SSSR count). The number of hydrogen-bond acceptors (Lipinski definition) is 3. The van der Waals surface area contributed by atoms with Crippen LogP contribution in [0.15, 0.2) is 18.5 Å². The normalized spacial score (nSPS) is 18.9. The second-order valence-corrected chi connectivity index (χ2v) is 3.71. The Morgan fingerprint density at radius 2 is 2.44 bits per heavy atom. The van der Waals surface area contributed by atoms with E-state index < -0.39 is 5.97 Å². The molecular weight excluding hydrogens is 204 g/mol. The number of carbonyl (C=O) groups is 1. The first-order valence-corrected chi connectivity index (χ1v) is 5.19. The fraction of sp³-hybridized carbons (Fsp3) is 0.333. The summed E-state index contributed by atoms with van der Waals surface area (Å²) in [6.45, 7) is 1.02. The van der Waals surface area contributed by atoms with Crippen molar-refractivity contribution in [3.8, 4) is 11.8 Å². The van der Waals surface area contributed by atoms with Gasteiger partial charge in [-0.2, -0.15) is 0 Å². The number of aromatic nitrogens is 1. The van der Waals surface area contributed by atoms with E-state index in [1.54, 1.807) is 12.4 Å². The van der Waals surface area contributed by atoms with E-state index in [4.69, 9.17) is 5.11 Å². The molecule has 0 radical (unpaired) electrons. The molecule has 1 aliphatic heterocycles. The Balaban J connectivity index is 2.20. The standard InChI is InChI=1S/C12H12N2O2/c15-12(16)4-3-9-6-10(8-13-7-9)11-2-1-5-14-11/h6-8,11,14H,1-2,5H2,(H,15,16)/t11-/m0/s1. The van der Waals surface area contributed by atoms with Crippen molar-refractivity contribution >= 4 is 5.97 Å². The van der Waals surface area contributed by atoms with E-state index in [-0.39, 0.29) is 0 Å². The quantitative estimate of drug-likeness (QED) is 0.686. The van der Waals surface area contributed by atoms with Gasteiger partial charge < -0.3 is 10.4 Å². The highest BCUT2D eigenvalue weighted by molar-refractivity contribution is 5.87. The molecule has 16 heavy (non-hydrogen) atoms. The molecule has 2 heterocycles. The molecule has 0 saturated carbocycles. The van der Waals surface area contributed by atoms with Crippen molar-refractivity contribution in [1.29, 1.82) is 0 Å². The summed E-state index contributed by atoms with van der Waals surface area (Å²) >= 11 is 0. The van der Waals surface area contributed by atoms with Crippen LogP contribution in [0.5, 0.6) is 0 Å². The minimum absolute atomic E-state index is 0.332. The summed E-state index contributed by atoms with van der Waals surface area (Å²) in [6.07, 6.45) is 5.64. The van der Waals surface area contributed by atoms with Crippen LogP contribution < -0.4 is 5.32 Å². The smallest absolute Gasteiger partial charge is 0.382 e. The molecule has 0 spiro atoms. The molecular formula is C12H12N2O2. The molecule has 0 aromatic carbocycles. The zero-order valence-corrected chi connectivity index (χ0v) is 8.73. The van der Waals surface area contributed by atoms with E-state index >= 15 is 0 Å². The summed E-state index contributed by atoms with van der Waals surface area (Å²) in [7, 11) is 0. The van der Waals surface area contributed by atoms with Crippen molar-refractivity contribution in [2.45, 2.75) is 18.9 Å². The zero-order valence-electron chi connectivity index (χ0n) is 8.73. The van der Waals surface area contributed by atoms with Gasteiger partial charge >= 0.3 is 5.97 Å². The van der Waals surface area contributed by atoms with Crippen molar-refractivity contribution in [3.05, 3.63) is 29.6 Å². The van der Waals surface area contributed by atoms with Crippen LogP contribution in [-0.2, 0) is 4.79 Å². The number of pyridine rings is 1. The number of aliphatic carboxylic acids is 1. The molecule has 1 saturated heterocycles. The van der Waals surface area contributed by atoms with Crippen molar-refractivity contribution in [2.24, 2.45) is 0 Å². The van der Waals surface area contributed by atoms with Crippen LogP contribution in [0.4, 0.5) is 0 Å². The van der Waals surface area contributed by atoms with E-state index in [9.17, 15) is 4.79 Å². The number of hydrogen-bond donors (Lipinski definition) is 2. The van der Waals surface area contributed by atoms with Gasteiger partial charge in [-0.3, -0.25) is 4.98 Å². The van der Waals surface area contributed by atoms with Gasteiger partial charge in [-0.25, -0.2) is 4.79 Å². The van der Waals surface area contributed by atoms with Crippen molar-refractivity contribution < 1.29 is 9.90 Å². The lowest BCUT2D eigenvalue weighted by molar-refractivity contribution is -0.130. The van der Waals surface area contributed by atoms with Gasteiger partial charge in [0.05, 0.1) is 0 Å². The Morgan fingerprint density at radius 1 is 1.56 bits per heavy atom. The van der Waals surface area contributed by atoms with Crippen molar-refractivity contribution in [1.82, 2.24) is 10.3 Å². The molecule has 82 valence electrons. The summed E-state index contributed by atoms with van der Waals surface area (Å²) in [6, 6.07) is 2.23. The minimum Gasteiger partial charge on any atom is -0.472 e. The molecule has 0 bridgehead atoms. The highest BCUT2D eigenvalue weighted by atomic mass is 16.4. The molecule has 1 aromatic rings. The van der Waals surface area contributed by atoms with E-state index in [0.717, 1.165) is 24.9 Å². The van der Waals surface area contributed by atoms with E-state index in [0.29, 0.717) is 11.6 Å². The second-order valence-electron chi connectivity index (χ2n) is 3.71. The van der Waals surface area contributed by atoms with Gasteiger partial charge in [-0.15, -0.1) is 0 Å². The Kier molecular flexibility index (Phi) is 3.18. The molecule has 2 N–H and O–H groups in total. The number of nitrogens with zero attached hydrogens (tertiary/aromatic N) is 1. The lowest BCUT2D eigenvalue weighted by atomic mass is 10.1. The van der Waals surface area contributed by atoms with Crippen molar-refractivity contribution in [3.63, 3.8) is 0 Å². The molecule has 0 aliphatic carbocycles. The third kappa shape index (κ3) is 2.59. The van der Waals surface area contributed by atoms with Crippen LogP contribution in [0.2, 0.25) is 0 Å². The summed E-state index contributed by atoms with van der Waals surface area (Å²) < 4.78 is 0. The summed E-state index contributed by atoms with van der Waals surface area (Å²) in [4.78, 5) is 14.4. The van der Waals surface area contributed by atoms with E-state index in [1.165, 1.54) is 0 Å². The monoisotopic (exact) mass is 216 g/mol. The number of rotatable bonds is 1. The average Bonchev–Trinajstić information content (AvgIpc) is 2.80. The summed E-state index contributed by atoms with van der Waals surface area (Å²) in [5.74, 6) is 3.53. The van der Waals surface area contributed by atoms with Crippen LogP contribution in [0.3, 0.4) is 0 Å². The second kappa shape index (κ2) is 4.77. The lowest BCUT2D eigenvalue weighted by Crippen LogP contribution is -2.13. The van der Waals surface area contributed by atoms with Crippen LogP contribution in [0.1, 0.15) is 30.0 Å². The molecule has 0 unspecified atom stereocenters. The molecule has 1 aliphatic rings. The maximum atomic E-state index is 10.3. The fourth-order valence-corrected chi connectivity index (χ4v) is 1.81. The number of carboxylic acid groups (broad SMARTS) is 1. The van der Waals surface area contributed by atoms with Gasteiger partial charge in [0.25, 0.3) is 0 Å². The van der Waals surface area contributed by atoms with Gasteiger partial charge in [0, 0.05) is 29.9 Å². The SMILES string of the molecule is O=C(O)C#Cc1cncc([C@@H]2CCCN2)c1. The topological polar surface area (TPSA) is 62.2 Å². The number of carboxylic acids is 1. The lowest BCUT2D eigenvalue weighted by Gasteiger charge is -2.09. The van der Waals surface area contributed by atoms with E-state index in [1.807, 2.05) is 6.07 Å². The van der Waals surface area contributed by atoms with Crippen LogP contribution in [0.25, 0.3) is 0 Å². The minimum atomic E-state index is -1.12. The molecule has 4 nitrogen and oxygen atoms in total. The molecule has 1 fully saturated rings. The summed E-state index contributed by atoms with van der Waals surface area (Å²) in [5, 5.41) is 11.8. The van der Waals surface area contributed by atoms with Gasteiger partial charge in [0.15, 0.2) is 0 Å². The predicted octanol–water partition coefficient (Wildman–Crippen LogP) is 0.942. The van der Waals surface area contributed by atoms with Gasteiger partial charge in [0.2, 0.25) is 0 Å². The first-order valence-electron chi connectivity index (χ1n) is 5.19. The molecule has 4 heteroatoms. The molecule has 0 amide bonds. The van der Waals surface area contributed by atoms with Gasteiger partial charge in [-0.05, 0) is 31.0 Å². The Hall–Kier alpha value is -1.86. The Labute approximate surface area is 93.7 Å². The third-order valence-corrected chi connectivity index (χ3v) is 2.54. The zero-order chi connectivity index (χ0) is 11.4. The maximum absolute atomic E-state index is 10.3. The first-order chi connectivity index (χ1) is 7.75. The average molecular weight is 216 g/mol. The van der Waals surface area contributed by atoms with Gasteiger partial charge in [-0.1, -0.05) is 5.92 Å². The third-order valence-electron chi connectivity index (χ3n) is 2.54. The van der Waals surface area contributed by atoms with Crippen LogP contribution in [0, 0.1) is 11.8 Å². The maximum Gasteiger partial charge on any atom is 0.382 e. The largest absolute Gasteiger partial charge is 0.472 e.